The van der Waals surface area contributed by atoms with Gasteiger partial charge in [0, 0.05) is 63.4 Å². The van der Waals surface area contributed by atoms with Crippen molar-refractivity contribution in [1.82, 2.24) is 20.0 Å². The highest BCUT2D eigenvalue weighted by Crippen LogP contribution is 2.27. The summed E-state index contributed by atoms with van der Waals surface area (Å²) < 4.78 is 5.31. The van der Waals surface area contributed by atoms with E-state index in [0.29, 0.717) is 24.6 Å². The summed E-state index contributed by atoms with van der Waals surface area (Å²) in [7, 11) is 0. The zero-order chi connectivity index (χ0) is 24.0. The summed E-state index contributed by atoms with van der Waals surface area (Å²) in [6.45, 7) is 11.0. The van der Waals surface area contributed by atoms with Crippen LogP contribution in [0.25, 0.3) is 0 Å². The van der Waals surface area contributed by atoms with Gasteiger partial charge in [-0.15, -0.1) is 0 Å². The van der Waals surface area contributed by atoms with Crippen molar-refractivity contribution in [3.8, 4) is 0 Å². The van der Waals surface area contributed by atoms with Gasteiger partial charge in [-0.3, -0.25) is 14.7 Å². The Morgan fingerprint density at radius 2 is 1.76 bits per heavy atom. The lowest BCUT2D eigenvalue weighted by Gasteiger charge is -2.37. The minimum absolute atomic E-state index is 0.0565. The number of amides is 1. The molecule has 1 saturated heterocycles. The van der Waals surface area contributed by atoms with Gasteiger partial charge in [0.2, 0.25) is 11.8 Å². The molecule has 1 aliphatic rings. The minimum atomic E-state index is -0.175. The second-order valence-corrected chi connectivity index (χ2v) is 9.76. The number of nitrogens with zero attached hydrogens (tertiary/aromatic N) is 5. The van der Waals surface area contributed by atoms with Gasteiger partial charge in [-0.05, 0) is 36.2 Å². The first-order chi connectivity index (χ1) is 16.4. The third kappa shape index (κ3) is 6.41. The first-order valence-electron chi connectivity index (χ1n) is 12.0. The predicted octanol–water partition coefficient (Wildman–Crippen LogP) is 3.70. The van der Waals surface area contributed by atoms with Gasteiger partial charge in [0.25, 0.3) is 0 Å². The van der Waals surface area contributed by atoms with E-state index < -0.39 is 0 Å². The standard InChI is InChI=1S/C26H34N6O2/c1-26(2,3)25-29-24(34-30-25)9-8-23(33)28-21-6-4-5-7-22(21)32-18-16-31(17-19-32)15-12-20-10-13-27-14-11-20/h4-7,10-11,13-14H,8-9,12,15-19H2,1-3H3,(H,28,33). The number of rotatable bonds is 8. The van der Waals surface area contributed by atoms with E-state index in [4.69, 9.17) is 4.52 Å². The quantitative estimate of drug-likeness (QED) is 0.546. The maximum atomic E-state index is 12.7. The zero-order valence-corrected chi connectivity index (χ0v) is 20.3. The number of carbonyl (C=O) groups is 1. The Morgan fingerprint density at radius 3 is 2.47 bits per heavy atom. The highest BCUT2D eigenvalue weighted by molar-refractivity contribution is 5.94. The monoisotopic (exact) mass is 462 g/mol. The number of para-hydroxylation sites is 2. The fourth-order valence-corrected chi connectivity index (χ4v) is 4.00. The number of benzene rings is 1. The molecule has 0 aliphatic carbocycles. The number of aromatic nitrogens is 3. The Morgan fingerprint density at radius 1 is 1.03 bits per heavy atom. The fourth-order valence-electron chi connectivity index (χ4n) is 4.00. The molecule has 1 aliphatic heterocycles. The van der Waals surface area contributed by atoms with Crippen molar-refractivity contribution in [2.45, 2.75) is 45.4 Å². The molecule has 34 heavy (non-hydrogen) atoms. The van der Waals surface area contributed by atoms with Crippen molar-refractivity contribution in [1.29, 1.82) is 0 Å². The van der Waals surface area contributed by atoms with Gasteiger partial charge in [-0.2, -0.15) is 4.98 Å². The molecule has 8 nitrogen and oxygen atoms in total. The first-order valence-corrected chi connectivity index (χ1v) is 12.0. The molecule has 0 spiro atoms. The largest absolute Gasteiger partial charge is 0.367 e. The van der Waals surface area contributed by atoms with E-state index in [1.54, 1.807) is 0 Å². The highest BCUT2D eigenvalue weighted by atomic mass is 16.5. The van der Waals surface area contributed by atoms with Crippen molar-refractivity contribution in [2.75, 3.05) is 42.9 Å². The molecule has 8 heteroatoms. The number of carbonyl (C=O) groups excluding carboxylic acids is 1. The van der Waals surface area contributed by atoms with Crippen LogP contribution in [0, 0.1) is 0 Å². The normalized spacial score (nSPS) is 14.9. The van der Waals surface area contributed by atoms with Crippen LogP contribution >= 0.6 is 0 Å². The molecule has 2 aromatic heterocycles. The summed E-state index contributed by atoms with van der Waals surface area (Å²) in [5.74, 6) is 1.10. The third-order valence-corrected chi connectivity index (χ3v) is 6.06. The number of aryl methyl sites for hydroxylation is 1. The van der Waals surface area contributed by atoms with Crippen LogP contribution in [0.1, 0.15) is 44.5 Å². The number of nitrogens with one attached hydrogen (secondary N) is 1. The van der Waals surface area contributed by atoms with Gasteiger partial charge in [-0.25, -0.2) is 0 Å². The summed E-state index contributed by atoms with van der Waals surface area (Å²) in [5, 5.41) is 7.11. The molecule has 3 heterocycles. The Bertz CT molecular complexity index is 1070. The molecule has 1 fully saturated rings. The predicted molar refractivity (Wildman–Crippen MR) is 133 cm³/mol. The smallest absolute Gasteiger partial charge is 0.227 e. The van der Waals surface area contributed by atoms with Crippen LogP contribution in [0.4, 0.5) is 11.4 Å². The van der Waals surface area contributed by atoms with E-state index in [2.05, 4.69) is 48.4 Å². The van der Waals surface area contributed by atoms with Crippen LogP contribution in [0.15, 0.2) is 53.3 Å². The van der Waals surface area contributed by atoms with E-state index in [0.717, 1.165) is 50.5 Å². The fraction of sp³-hybridized carbons (Fsp3) is 0.462. The van der Waals surface area contributed by atoms with Crippen molar-refractivity contribution in [2.24, 2.45) is 0 Å². The van der Waals surface area contributed by atoms with E-state index in [1.807, 2.05) is 51.4 Å². The molecule has 1 N–H and O–H groups in total. The van der Waals surface area contributed by atoms with Gasteiger partial charge < -0.3 is 14.7 Å². The van der Waals surface area contributed by atoms with Gasteiger partial charge in [0.1, 0.15) is 0 Å². The summed E-state index contributed by atoms with van der Waals surface area (Å²) >= 11 is 0. The maximum Gasteiger partial charge on any atom is 0.227 e. The molecule has 0 unspecified atom stereocenters. The maximum absolute atomic E-state index is 12.7. The van der Waals surface area contributed by atoms with E-state index in [1.165, 1.54) is 5.56 Å². The molecule has 4 rings (SSSR count). The summed E-state index contributed by atoms with van der Waals surface area (Å²) in [6.07, 6.45) is 5.45. The first kappa shape index (κ1) is 23.9. The zero-order valence-electron chi connectivity index (χ0n) is 20.3. The van der Waals surface area contributed by atoms with Crippen molar-refractivity contribution in [3.63, 3.8) is 0 Å². The number of pyridine rings is 1. The van der Waals surface area contributed by atoms with Crippen LogP contribution in [0.2, 0.25) is 0 Å². The SMILES string of the molecule is CC(C)(C)c1noc(CCC(=O)Nc2ccccc2N2CCN(CCc3ccncc3)CC2)n1. The summed E-state index contributed by atoms with van der Waals surface area (Å²) in [5.41, 5.74) is 3.06. The number of hydrogen-bond donors (Lipinski definition) is 1. The second kappa shape index (κ2) is 10.8. The highest BCUT2D eigenvalue weighted by Gasteiger charge is 2.22. The lowest BCUT2D eigenvalue weighted by atomic mass is 9.96. The minimum Gasteiger partial charge on any atom is -0.367 e. The van der Waals surface area contributed by atoms with Crippen LogP contribution in [0.3, 0.4) is 0 Å². The molecular formula is C26H34N6O2. The lowest BCUT2D eigenvalue weighted by Crippen LogP contribution is -2.47. The Labute approximate surface area is 201 Å². The number of hydrogen-bond acceptors (Lipinski definition) is 7. The van der Waals surface area contributed by atoms with E-state index >= 15 is 0 Å². The lowest BCUT2D eigenvalue weighted by molar-refractivity contribution is -0.116. The molecule has 0 bridgehead atoms. The van der Waals surface area contributed by atoms with Crippen LogP contribution in [0.5, 0.6) is 0 Å². The third-order valence-electron chi connectivity index (χ3n) is 6.06. The molecular weight excluding hydrogens is 428 g/mol. The Kier molecular flexibility index (Phi) is 7.57. The van der Waals surface area contributed by atoms with E-state index in [-0.39, 0.29) is 11.3 Å². The van der Waals surface area contributed by atoms with Crippen molar-refractivity contribution < 1.29 is 9.32 Å². The average molecular weight is 463 g/mol. The van der Waals surface area contributed by atoms with Crippen LogP contribution in [-0.4, -0.2) is 58.7 Å². The van der Waals surface area contributed by atoms with Gasteiger partial charge in [0.05, 0.1) is 11.4 Å². The molecule has 3 aromatic rings. The Balaban J connectivity index is 1.28. The molecule has 0 atom stereocenters. The van der Waals surface area contributed by atoms with Crippen LogP contribution in [-0.2, 0) is 23.1 Å². The topological polar surface area (TPSA) is 87.4 Å². The molecule has 180 valence electrons. The summed E-state index contributed by atoms with van der Waals surface area (Å²) in [6, 6.07) is 12.2. The van der Waals surface area contributed by atoms with Crippen molar-refractivity contribution in [3.05, 3.63) is 66.1 Å². The Hall–Kier alpha value is -3.26. The molecule has 1 amide bonds. The van der Waals surface area contributed by atoms with Gasteiger partial charge >= 0.3 is 0 Å². The number of anilines is 2. The average Bonchev–Trinajstić information content (AvgIpc) is 3.33. The van der Waals surface area contributed by atoms with E-state index in [9.17, 15) is 4.79 Å². The van der Waals surface area contributed by atoms with Crippen LogP contribution < -0.4 is 10.2 Å². The molecule has 0 radical (unpaired) electrons. The second-order valence-electron chi connectivity index (χ2n) is 9.76. The molecule has 0 saturated carbocycles. The number of piperazine rings is 1. The van der Waals surface area contributed by atoms with Gasteiger partial charge in [0.15, 0.2) is 5.82 Å². The van der Waals surface area contributed by atoms with Crippen molar-refractivity contribution >= 4 is 17.3 Å². The van der Waals surface area contributed by atoms with Gasteiger partial charge in [-0.1, -0.05) is 38.1 Å². The summed E-state index contributed by atoms with van der Waals surface area (Å²) in [4.78, 5) is 26.0. The molecule has 1 aromatic carbocycles.